The van der Waals surface area contributed by atoms with Crippen molar-refractivity contribution < 1.29 is 14.3 Å². The van der Waals surface area contributed by atoms with Gasteiger partial charge >= 0.3 is 6.03 Å². The summed E-state index contributed by atoms with van der Waals surface area (Å²) in [6.45, 7) is 6.67. The Morgan fingerprint density at radius 2 is 1.71 bits per heavy atom. The van der Waals surface area contributed by atoms with E-state index in [0.717, 1.165) is 22.4 Å². The molecule has 1 fully saturated rings. The molecule has 3 amide bonds. The molecule has 0 radical (unpaired) electrons. The van der Waals surface area contributed by atoms with Crippen molar-refractivity contribution in [3.8, 4) is 5.75 Å². The Morgan fingerprint density at radius 3 is 2.32 bits per heavy atom. The number of hydrogen-bond acceptors (Lipinski definition) is 3. The van der Waals surface area contributed by atoms with Crippen molar-refractivity contribution in [2.45, 2.75) is 39.2 Å². The van der Waals surface area contributed by atoms with E-state index in [9.17, 15) is 9.59 Å². The van der Waals surface area contributed by atoms with Crippen LogP contribution in [0.4, 0.5) is 4.79 Å². The van der Waals surface area contributed by atoms with Crippen molar-refractivity contribution in [1.29, 1.82) is 0 Å². The van der Waals surface area contributed by atoms with Gasteiger partial charge in [-0.2, -0.15) is 0 Å². The molecule has 1 heterocycles. The lowest BCUT2D eigenvalue weighted by molar-refractivity contribution is -0.131. The number of hydrogen-bond donors (Lipinski definition) is 1. The second kappa shape index (κ2) is 8.23. The minimum Gasteiger partial charge on any atom is -0.494 e. The highest BCUT2D eigenvalue weighted by molar-refractivity contribution is 6.30. The summed E-state index contributed by atoms with van der Waals surface area (Å²) in [5, 5.41) is 3.47. The molecule has 3 rings (SSSR count). The van der Waals surface area contributed by atoms with Crippen LogP contribution in [-0.2, 0) is 10.3 Å². The number of aryl methyl sites for hydroxylation is 2. The van der Waals surface area contributed by atoms with Gasteiger partial charge in [-0.1, -0.05) is 36.7 Å². The zero-order chi connectivity index (χ0) is 20.3. The lowest BCUT2D eigenvalue weighted by atomic mass is 9.87. The van der Waals surface area contributed by atoms with Gasteiger partial charge in [-0.15, -0.1) is 0 Å². The number of amides is 3. The second-order valence-electron chi connectivity index (χ2n) is 7.18. The third-order valence-electron chi connectivity index (χ3n) is 5.03. The summed E-state index contributed by atoms with van der Waals surface area (Å²) in [4.78, 5) is 26.8. The van der Waals surface area contributed by atoms with Gasteiger partial charge < -0.3 is 10.1 Å². The van der Waals surface area contributed by atoms with Gasteiger partial charge in [-0.05, 0) is 67.6 Å². The van der Waals surface area contributed by atoms with Crippen LogP contribution < -0.4 is 10.1 Å². The first-order valence-corrected chi connectivity index (χ1v) is 9.85. The lowest BCUT2D eigenvalue weighted by Gasteiger charge is -2.25. The van der Waals surface area contributed by atoms with Crippen LogP contribution in [0.3, 0.4) is 0 Å². The van der Waals surface area contributed by atoms with Crippen molar-refractivity contribution in [1.82, 2.24) is 10.2 Å². The van der Waals surface area contributed by atoms with Crippen LogP contribution in [0.2, 0.25) is 5.02 Å². The molecule has 0 saturated carbocycles. The van der Waals surface area contributed by atoms with E-state index in [0.29, 0.717) is 31.0 Å². The molecule has 28 heavy (non-hydrogen) atoms. The van der Waals surface area contributed by atoms with Gasteiger partial charge in [0.05, 0.1) is 6.61 Å². The Kier molecular flexibility index (Phi) is 5.94. The van der Waals surface area contributed by atoms with E-state index in [1.165, 1.54) is 4.90 Å². The number of carbonyl (C=O) groups excluding carboxylic acids is 2. The molecule has 0 aliphatic carbocycles. The highest BCUT2D eigenvalue weighted by Gasteiger charge is 2.50. The molecule has 1 aliphatic rings. The molecule has 6 heteroatoms. The predicted octanol–water partition coefficient (Wildman–Crippen LogP) is 4.58. The van der Waals surface area contributed by atoms with Gasteiger partial charge in [0, 0.05) is 11.6 Å². The Morgan fingerprint density at radius 1 is 1.07 bits per heavy atom. The van der Waals surface area contributed by atoms with E-state index < -0.39 is 5.54 Å². The number of rotatable bonds is 7. The molecular formula is C22H25ClN2O3. The molecule has 0 bridgehead atoms. The Bertz CT molecular complexity index is 862. The SMILES string of the molecule is CCC1(c2ccc(Cl)cc2)NC(=O)N(CCCOc2cc(C)cc(C)c2)C1=O. The van der Waals surface area contributed by atoms with Crippen LogP contribution in [0.1, 0.15) is 36.5 Å². The maximum Gasteiger partial charge on any atom is 0.325 e. The first-order valence-electron chi connectivity index (χ1n) is 9.47. The average molecular weight is 401 g/mol. The minimum absolute atomic E-state index is 0.228. The number of benzene rings is 2. The van der Waals surface area contributed by atoms with Crippen LogP contribution in [-0.4, -0.2) is 30.0 Å². The molecule has 2 aromatic carbocycles. The normalized spacial score (nSPS) is 19.1. The maximum absolute atomic E-state index is 13.1. The molecule has 0 aromatic heterocycles. The summed E-state index contributed by atoms with van der Waals surface area (Å²) in [7, 11) is 0. The third kappa shape index (κ3) is 3.99. The van der Waals surface area contributed by atoms with Crippen LogP contribution in [0.5, 0.6) is 5.75 Å². The predicted molar refractivity (Wildman–Crippen MR) is 110 cm³/mol. The first kappa shape index (κ1) is 20.2. The fourth-order valence-corrected chi connectivity index (χ4v) is 3.76. The van der Waals surface area contributed by atoms with Crippen molar-refractivity contribution in [3.63, 3.8) is 0 Å². The summed E-state index contributed by atoms with van der Waals surface area (Å²) in [6, 6.07) is 12.7. The monoisotopic (exact) mass is 400 g/mol. The van der Waals surface area contributed by atoms with Crippen LogP contribution in [0.25, 0.3) is 0 Å². The number of nitrogens with zero attached hydrogens (tertiary/aromatic N) is 1. The third-order valence-corrected chi connectivity index (χ3v) is 5.29. The van der Waals surface area contributed by atoms with E-state index in [1.807, 2.05) is 32.9 Å². The van der Waals surface area contributed by atoms with Crippen molar-refractivity contribution in [2.24, 2.45) is 0 Å². The molecule has 1 saturated heterocycles. The number of ether oxygens (including phenoxy) is 1. The van der Waals surface area contributed by atoms with E-state index in [4.69, 9.17) is 16.3 Å². The van der Waals surface area contributed by atoms with Gasteiger partial charge in [0.15, 0.2) is 0 Å². The second-order valence-corrected chi connectivity index (χ2v) is 7.61. The molecular weight excluding hydrogens is 376 g/mol. The van der Waals surface area contributed by atoms with Gasteiger partial charge in [0.25, 0.3) is 5.91 Å². The van der Waals surface area contributed by atoms with E-state index in [-0.39, 0.29) is 11.9 Å². The minimum atomic E-state index is -1.03. The quantitative estimate of drug-likeness (QED) is 0.546. The molecule has 1 atom stereocenters. The van der Waals surface area contributed by atoms with E-state index in [2.05, 4.69) is 11.4 Å². The Hall–Kier alpha value is -2.53. The Balaban J connectivity index is 1.64. The van der Waals surface area contributed by atoms with Crippen LogP contribution in [0, 0.1) is 13.8 Å². The fraction of sp³-hybridized carbons (Fsp3) is 0.364. The molecule has 1 N–H and O–H groups in total. The van der Waals surface area contributed by atoms with Crippen molar-refractivity contribution >= 4 is 23.5 Å². The van der Waals surface area contributed by atoms with E-state index in [1.54, 1.807) is 24.3 Å². The van der Waals surface area contributed by atoms with Gasteiger partial charge in [0.1, 0.15) is 11.3 Å². The van der Waals surface area contributed by atoms with Crippen LogP contribution >= 0.6 is 11.6 Å². The number of carbonyl (C=O) groups is 2. The molecule has 148 valence electrons. The topological polar surface area (TPSA) is 58.6 Å². The largest absolute Gasteiger partial charge is 0.494 e. The maximum atomic E-state index is 13.1. The molecule has 2 aromatic rings. The van der Waals surface area contributed by atoms with Crippen molar-refractivity contribution in [3.05, 3.63) is 64.2 Å². The smallest absolute Gasteiger partial charge is 0.325 e. The van der Waals surface area contributed by atoms with Gasteiger partial charge in [-0.25, -0.2) is 4.79 Å². The highest BCUT2D eigenvalue weighted by Crippen LogP contribution is 2.33. The summed E-state index contributed by atoms with van der Waals surface area (Å²) < 4.78 is 5.79. The first-order chi connectivity index (χ1) is 13.4. The zero-order valence-electron chi connectivity index (χ0n) is 16.4. The summed E-state index contributed by atoms with van der Waals surface area (Å²) >= 11 is 5.96. The standard InChI is InChI=1S/C22H25ClN2O3/c1-4-22(17-6-8-18(23)9-7-17)20(26)25(21(27)24-22)10-5-11-28-19-13-15(2)12-16(3)14-19/h6-9,12-14H,4-5,10-11H2,1-3H3,(H,24,27). The number of imide groups is 1. The fourth-order valence-electron chi connectivity index (χ4n) is 3.63. The summed E-state index contributed by atoms with van der Waals surface area (Å²) in [5.41, 5.74) is 1.99. The molecule has 5 nitrogen and oxygen atoms in total. The summed E-state index contributed by atoms with van der Waals surface area (Å²) in [5.74, 6) is 0.576. The highest BCUT2D eigenvalue weighted by atomic mass is 35.5. The zero-order valence-corrected chi connectivity index (χ0v) is 17.2. The van der Waals surface area contributed by atoms with Crippen molar-refractivity contribution in [2.75, 3.05) is 13.2 Å². The average Bonchev–Trinajstić information content (AvgIpc) is 2.89. The van der Waals surface area contributed by atoms with E-state index >= 15 is 0 Å². The number of nitrogens with one attached hydrogen (secondary N) is 1. The van der Waals surface area contributed by atoms with Gasteiger partial charge in [-0.3, -0.25) is 9.69 Å². The lowest BCUT2D eigenvalue weighted by Crippen LogP contribution is -2.43. The molecule has 1 unspecified atom stereocenters. The Labute approximate surface area is 170 Å². The molecule has 0 spiro atoms. The summed E-state index contributed by atoms with van der Waals surface area (Å²) in [6.07, 6.45) is 1.03. The number of urea groups is 1. The van der Waals surface area contributed by atoms with Gasteiger partial charge in [0.2, 0.25) is 0 Å². The number of halogens is 1. The van der Waals surface area contributed by atoms with Crippen LogP contribution in [0.15, 0.2) is 42.5 Å². The molecule has 1 aliphatic heterocycles.